The minimum atomic E-state index is 0.482. The van der Waals surface area contributed by atoms with E-state index >= 15 is 0 Å². The van der Waals surface area contributed by atoms with Crippen molar-refractivity contribution < 1.29 is 4.74 Å². The molecule has 2 aliphatic heterocycles. The predicted molar refractivity (Wildman–Crippen MR) is 153 cm³/mol. The number of nitrogens with zero attached hydrogens (tertiary/aromatic N) is 7. The van der Waals surface area contributed by atoms with E-state index in [4.69, 9.17) is 19.7 Å². The molecule has 1 N–H and O–H groups in total. The quantitative estimate of drug-likeness (QED) is 0.254. The molecule has 2 aromatic heterocycles. The van der Waals surface area contributed by atoms with E-state index in [1.165, 1.54) is 31.2 Å². The third-order valence-corrected chi connectivity index (χ3v) is 7.17. The number of fused-ring (bicyclic) bond motifs is 1. The summed E-state index contributed by atoms with van der Waals surface area (Å²) in [6.07, 6.45) is 8.65. The number of para-hydroxylation sites is 1. The molecular weight excluding hydrogens is 476 g/mol. The molecule has 0 saturated carbocycles. The molecule has 4 aromatic rings. The number of benzene rings is 2. The molecule has 0 aliphatic carbocycles. The maximum absolute atomic E-state index is 6.00. The number of hydrazone groups is 1. The lowest BCUT2D eigenvalue weighted by atomic mass is 10.2. The summed E-state index contributed by atoms with van der Waals surface area (Å²) in [4.78, 5) is 18.6. The number of rotatable bonds is 9. The summed E-state index contributed by atoms with van der Waals surface area (Å²) in [5.74, 6) is 2.85. The molecule has 2 saturated heterocycles. The van der Waals surface area contributed by atoms with Crippen LogP contribution in [-0.2, 0) is 6.54 Å². The second-order valence-corrected chi connectivity index (χ2v) is 9.98. The van der Waals surface area contributed by atoms with E-state index in [1.807, 2.05) is 18.3 Å². The second kappa shape index (κ2) is 11.1. The first-order chi connectivity index (χ1) is 18.7. The number of aromatic nitrogens is 4. The average Bonchev–Trinajstić information content (AvgIpc) is 3.71. The maximum atomic E-state index is 6.00. The number of ether oxygens (including phenoxy) is 1. The Kier molecular flexibility index (Phi) is 7.06. The molecule has 2 aromatic carbocycles. The normalized spacial score (nSPS) is 15.7. The summed E-state index contributed by atoms with van der Waals surface area (Å²) in [7, 11) is 0. The zero-order valence-corrected chi connectivity index (χ0v) is 21.9. The van der Waals surface area contributed by atoms with Crippen LogP contribution >= 0.6 is 0 Å². The Bertz CT molecular complexity index is 1390. The Morgan fingerprint density at radius 1 is 0.895 bits per heavy atom. The summed E-state index contributed by atoms with van der Waals surface area (Å²) in [5.41, 5.74) is 6.45. The summed E-state index contributed by atoms with van der Waals surface area (Å²) in [5, 5.41) is 5.68. The molecule has 2 aliphatic rings. The van der Waals surface area contributed by atoms with Crippen molar-refractivity contribution in [3.8, 4) is 5.75 Å². The molecule has 0 atom stereocenters. The van der Waals surface area contributed by atoms with Crippen molar-refractivity contribution in [2.45, 2.75) is 39.2 Å². The van der Waals surface area contributed by atoms with Crippen LogP contribution in [0.15, 0.2) is 59.8 Å². The van der Waals surface area contributed by atoms with Crippen molar-refractivity contribution in [2.24, 2.45) is 5.10 Å². The SMILES string of the molecule is Cc1cccc(OCCn2cc(C=NNc3nc(N4CCCC4)nc(N4CCCC4)n3)c3ccccc32)c1. The van der Waals surface area contributed by atoms with E-state index < -0.39 is 0 Å². The van der Waals surface area contributed by atoms with Gasteiger partial charge in [-0.3, -0.25) is 0 Å². The lowest BCUT2D eigenvalue weighted by Gasteiger charge is -2.20. The van der Waals surface area contributed by atoms with Gasteiger partial charge in [0.25, 0.3) is 0 Å². The lowest BCUT2D eigenvalue weighted by molar-refractivity contribution is 0.300. The second-order valence-electron chi connectivity index (χ2n) is 9.98. The third-order valence-electron chi connectivity index (χ3n) is 7.17. The van der Waals surface area contributed by atoms with Crippen LogP contribution in [0.5, 0.6) is 5.75 Å². The molecule has 0 radical (unpaired) electrons. The van der Waals surface area contributed by atoms with Crippen molar-refractivity contribution in [1.29, 1.82) is 0 Å². The number of anilines is 3. The zero-order valence-electron chi connectivity index (χ0n) is 21.9. The first kappa shape index (κ1) is 24.2. The van der Waals surface area contributed by atoms with Crippen LogP contribution in [0.25, 0.3) is 10.9 Å². The van der Waals surface area contributed by atoms with Gasteiger partial charge in [0, 0.05) is 48.8 Å². The fourth-order valence-corrected chi connectivity index (χ4v) is 5.21. The highest BCUT2D eigenvalue weighted by molar-refractivity contribution is 5.99. The van der Waals surface area contributed by atoms with E-state index in [-0.39, 0.29) is 0 Å². The van der Waals surface area contributed by atoms with Crippen LogP contribution in [0, 0.1) is 6.92 Å². The number of hydrogen-bond acceptors (Lipinski definition) is 8. The summed E-state index contributed by atoms with van der Waals surface area (Å²) < 4.78 is 8.21. The van der Waals surface area contributed by atoms with Crippen LogP contribution in [-0.4, -0.2) is 58.5 Å². The van der Waals surface area contributed by atoms with Crippen molar-refractivity contribution in [1.82, 2.24) is 19.5 Å². The molecule has 6 rings (SSSR count). The highest BCUT2D eigenvalue weighted by atomic mass is 16.5. The fourth-order valence-electron chi connectivity index (χ4n) is 5.21. The van der Waals surface area contributed by atoms with Crippen molar-refractivity contribution in [2.75, 3.05) is 48.0 Å². The van der Waals surface area contributed by atoms with E-state index in [0.717, 1.165) is 66.8 Å². The van der Waals surface area contributed by atoms with Gasteiger partial charge in [-0.1, -0.05) is 30.3 Å². The van der Waals surface area contributed by atoms with Gasteiger partial charge in [0.15, 0.2) is 0 Å². The van der Waals surface area contributed by atoms with Gasteiger partial charge in [0.1, 0.15) is 12.4 Å². The van der Waals surface area contributed by atoms with E-state index in [1.54, 1.807) is 0 Å². The number of aryl methyl sites for hydroxylation is 1. The molecule has 2 fully saturated rings. The summed E-state index contributed by atoms with van der Waals surface area (Å²) in [6, 6.07) is 16.5. The monoisotopic (exact) mass is 510 g/mol. The minimum Gasteiger partial charge on any atom is -0.492 e. The molecule has 196 valence electrons. The standard InChI is InChI=1S/C29H34N8O/c1-22-9-8-10-24(19-22)38-18-17-37-21-23(25-11-2-3-12-26(25)37)20-30-34-27-31-28(35-13-4-5-14-35)33-29(32-27)36-15-6-7-16-36/h2-3,8-12,19-21H,4-7,13-18H2,1H3,(H,31,32,33,34). The van der Waals surface area contributed by atoms with Gasteiger partial charge in [-0.25, -0.2) is 5.43 Å². The fraction of sp³-hybridized carbons (Fsp3) is 0.379. The molecule has 9 heteroatoms. The molecular formula is C29H34N8O. The Labute approximate surface area is 223 Å². The zero-order chi connectivity index (χ0) is 25.7. The topological polar surface area (TPSA) is 83.7 Å². The average molecular weight is 511 g/mol. The van der Waals surface area contributed by atoms with Crippen LogP contribution in [0.4, 0.5) is 17.8 Å². The number of hydrogen-bond donors (Lipinski definition) is 1. The Morgan fingerprint density at radius 3 is 2.32 bits per heavy atom. The molecule has 0 spiro atoms. The van der Waals surface area contributed by atoms with Gasteiger partial charge in [-0.05, 0) is 56.4 Å². The third kappa shape index (κ3) is 5.41. The van der Waals surface area contributed by atoms with Gasteiger partial charge in [-0.15, -0.1) is 0 Å². The lowest BCUT2D eigenvalue weighted by Crippen LogP contribution is -2.25. The molecule has 0 bridgehead atoms. The minimum absolute atomic E-state index is 0.482. The van der Waals surface area contributed by atoms with Gasteiger partial charge >= 0.3 is 0 Å². The van der Waals surface area contributed by atoms with Gasteiger partial charge < -0.3 is 19.1 Å². The molecule has 38 heavy (non-hydrogen) atoms. The van der Waals surface area contributed by atoms with Crippen molar-refractivity contribution >= 4 is 35.0 Å². The molecule has 4 heterocycles. The van der Waals surface area contributed by atoms with Crippen molar-refractivity contribution in [3.05, 3.63) is 65.9 Å². The van der Waals surface area contributed by atoms with E-state index in [2.05, 4.69) is 74.4 Å². The van der Waals surface area contributed by atoms with E-state index in [0.29, 0.717) is 12.6 Å². The van der Waals surface area contributed by atoms with Gasteiger partial charge in [-0.2, -0.15) is 20.1 Å². The molecule has 0 amide bonds. The highest BCUT2D eigenvalue weighted by Gasteiger charge is 2.21. The summed E-state index contributed by atoms with van der Waals surface area (Å²) in [6.45, 7) is 7.34. The predicted octanol–water partition coefficient (Wildman–Crippen LogP) is 4.86. The van der Waals surface area contributed by atoms with E-state index in [9.17, 15) is 0 Å². The first-order valence-electron chi connectivity index (χ1n) is 13.6. The van der Waals surface area contributed by atoms with Gasteiger partial charge in [0.05, 0.1) is 12.8 Å². The Balaban J connectivity index is 1.19. The smallest absolute Gasteiger partial charge is 0.250 e. The molecule has 9 nitrogen and oxygen atoms in total. The number of nitrogens with one attached hydrogen (secondary N) is 1. The van der Waals surface area contributed by atoms with Crippen LogP contribution in [0.3, 0.4) is 0 Å². The largest absolute Gasteiger partial charge is 0.492 e. The van der Waals surface area contributed by atoms with Gasteiger partial charge in [0.2, 0.25) is 17.8 Å². The molecule has 0 unspecified atom stereocenters. The maximum Gasteiger partial charge on any atom is 0.250 e. The van der Waals surface area contributed by atoms with Crippen molar-refractivity contribution in [3.63, 3.8) is 0 Å². The first-order valence-corrected chi connectivity index (χ1v) is 13.6. The van der Waals surface area contributed by atoms with Crippen LogP contribution < -0.4 is 20.0 Å². The Hall–Kier alpha value is -4.14. The Morgan fingerprint density at radius 2 is 1.61 bits per heavy atom. The van der Waals surface area contributed by atoms with Crippen LogP contribution in [0.1, 0.15) is 36.8 Å². The van der Waals surface area contributed by atoms with Crippen LogP contribution in [0.2, 0.25) is 0 Å². The summed E-state index contributed by atoms with van der Waals surface area (Å²) >= 11 is 0. The highest BCUT2D eigenvalue weighted by Crippen LogP contribution is 2.24.